The van der Waals surface area contributed by atoms with Gasteiger partial charge in [-0.15, -0.1) is 0 Å². The molecule has 1 N–H and O–H groups in total. The zero-order valence-electron chi connectivity index (χ0n) is 12.5. The minimum absolute atomic E-state index is 0.287. The van der Waals surface area contributed by atoms with E-state index in [1.165, 1.54) is 10.0 Å². The lowest BCUT2D eigenvalue weighted by Crippen LogP contribution is -2.34. The van der Waals surface area contributed by atoms with Gasteiger partial charge in [-0.1, -0.05) is 54.9 Å². The molecule has 3 heteroatoms. The summed E-state index contributed by atoms with van der Waals surface area (Å²) in [7, 11) is 1.74. The van der Waals surface area contributed by atoms with E-state index in [4.69, 9.17) is 4.74 Å². The van der Waals surface area contributed by atoms with Crippen molar-refractivity contribution in [3.63, 3.8) is 0 Å². The predicted octanol–water partition coefficient (Wildman–Crippen LogP) is 3.89. The molecule has 1 atom stereocenters. The van der Waals surface area contributed by atoms with Crippen molar-refractivity contribution in [2.24, 2.45) is 11.3 Å². The van der Waals surface area contributed by atoms with Crippen LogP contribution in [0.25, 0.3) is 0 Å². The molecule has 0 saturated carbocycles. The van der Waals surface area contributed by atoms with Crippen molar-refractivity contribution in [1.29, 1.82) is 0 Å². The van der Waals surface area contributed by atoms with Crippen LogP contribution in [0.4, 0.5) is 0 Å². The molecular weight excluding hydrogens is 302 g/mol. The number of hydrogen-bond donors (Lipinski definition) is 1. The molecule has 0 aliphatic heterocycles. The number of methoxy groups -OCH3 is 1. The van der Waals surface area contributed by atoms with Crippen LogP contribution in [-0.4, -0.2) is 26.8 Å². The third-order valence-electron chi connectivity index (χ3n) is 3.52. The van der Waals surface area contributed by atoms with Crippen molar-refractivity contribution in [2.75, 3.05) is 26.8 Å². The van der Waals surface area contributed by atoms with Gasteiger partial charge >= 0.3 is 0 Å². The highest BCUT2D eigenvalue weighted by Gasteiger charge is 2.24. The monoisotopic (exact) mass is 327 g/mol. The van der Waals surface area contributed by atoms with E-state index >= 15 is 0 Å². The molecule has 0 aromatic heterocycles. The van der Waals surface area contributed by atoms with E-state index in [-0.39, 0.29) is 5.41 Å². The lowest BCUT2D eigenvalue weighted by Gasteiger charge is -2.31. The van der Waals surface area contributed by atoms with Crippen LogP contribution in [0.3, 0.4) is 0 Å². The first-order valence-corrected chi connectivity index (χ1v) is 7.67. The van der Waals surface area contributed by atoms with Gasteiger partial charge in [0.05, 0.1) is 6.61 Å². The quantitative estimate of drug-likeness (QED) is 0.767. The lowest BCUT2D eigenvalue weighted by molar-refractivity contribution is 0.186. The largest absolute Gasteiger partial charge is 0.383 e. The number of rotatable bonds is 7. The van der Waals surface area contributed by atoms with E-state index in [0.717, 1.165) is 26.1 Å². The minimum atomic E-state index is 0.287. The van der Waals surface area contributed by atoms with Crippen LogP contribution >= 0.6 is 15.9 Å². The Kier molecular flexibility index (Phi) is 7.05. The second kappa shape index (κ2) is 8.03. The van der Waals surface area contributed by atoms with Gasteiger partial charge in [0, 0.05) is 18.1 Å². The predicted molar refractivity (Wildman–Crippen MR) is 85.5 cm³/mol. The minimum Gasteiger partial charge on any atom is -0.383 e. The van der Waals surface area contributed by atoms with Gasteiger partial charge in [0.2, 0.25) is 0 Å². The van der Waals surface area contributed by atoms with Crippen molar-refractivity contribution in [3.05, 3.63) is 34.3 Å². The highest BCUT2D eigenvalue weighted by Crippen LogP contribution is 2.30. The normalized spacial score (nSPS) is 13.5. The van der Waals surface area contributed by atoms with Gasteiger partial charge in [0.15, 0.2) is 0 Å². The summed E-state index contributed by atoms with van der Waals surface area (Å²) in [4.78, 5) is 0. The molecule has 0 amide bonds. The van der Waals surface area contributed by atoms with Gasteiger partial charge in [-0.2, -0.15) is 0 Å². The van der Waals surface area contributed by atoms with Crippen molar-refractivity contribution >= 4 is 15.9 Å². The lowest BCUT2D eigenvalue weighted by atomic mass is 9.77. The van der Waals surface area contributed by atoms with Gasteiger partial charge in [-0.3, -0.25) is 0 Å². The molecule has 0 aliphatic rings. The number of nitrogens with one attached hydrogen (secondary N) is 1. The number of ether oxygens (including phenoxy) is 1. The molecule has 1 aromatic rings. The van der Waals surface area contributed by atoms with E-state index in [9.17, 15) is 0 Å². The zero-order valence-corrected chi connectivity index (χ0v) is 14.1. The van der Waals surface area contributed by atoms with E-state index < -0.39 is 0 Å². The first kappa shape index (κ1) is 16.7. The van der Waals surface area contributed by atoms with Gasteiger partial charge in [-0.05, 0) is 35.9 Å². The number of halogens is 1. The molecule has 2 nitrogen and oxygen atoms in total. The van der Waals surface area contributed by atoms with Crippen molar-refractivity contribution < 1.29 is 4.74 Å². The van der Waals surface area contributed by atoms with Crippen LogP contribution in [0.15, 0.2) is 28.7 Å². The maximum atomic E-state index is 5.08. The zero-order chi connectivity index (χ0) is 14.3. The molecule has 19 heavy (non-hydrogen) atoms. The smallest absolute Gasteiger partial charge is 0.0587 e. The third-order valence-corrected chi connectivity index (χ3v) is 4.30. The Balaban J connectivity index is 2.63. The van der Waals surface area contributed by atoms with Crippen molar-refractivity contribution in [3.8, 4) is 0 Å². The average molecular weight is 328 g/mol. The highest BCUT2D eigenvalue weighted by molar-refractivity contribution is 9.10. The maximum Gasteiger partial charge on any atom is 0.0587 e. The van der Waals surface area contributed by atoms with Crippen molar-refractivity contribution in [1.82, 2.24) is 5.32 Å². The Morgan fingerprint density at radius 1 is 1.26 bits per heavy atom. The van der Waals surface area contributed by atoms with Crippen LogP contribution in [0.2, 0.25) is 0 Å². The van der Waals surface area contributed by atoms with Gasteiger partial charge < -0.3 is 10.1 Å². The molecule has 108 valence electrons. The standard InChI is InChI=1S/C16H26BrNO/c1-16(2,3)14(12-18-9-10-19-4)11-13-7-5-6-8-15(13)17/h5-8,14,18H,9-12H2,1-4H3. The van der Waals surface area contributed by atoms with Crippen molar-refractivity contribution in [2.45, 2.75) is 27.2 Å². The first-order valence-electron chi connectivity index (χ1n) is 6.88. The Bertz CT molecular complexity index is 373. The summed E-state index contributed by atoms with van der Waals surface area (Å²) in [6.07, 6.45) is 1.09. The van der Waals surface area contributed by atoms with Crippen LogP contribution in [0, 0.1) is 11.3 Å². The first-order chi connectivity index (χ1) is 8.95. The van der Waals surface area contributed by atoms with Gasteiger partial charge in [0.1, 0.15) is 0 Å². The maximum absolute atomic E-state index is 5.08. The Hall–Kier alpha value is -0.380. The Labute approximate surface area is 126 Å². The molecule has 0 bridgehead atoms. The molecule has 0 heterocycles. The van der Waals surface area contributed by atoms with Gasteiger partial charge in [-0.25, -0.2) is 0 Å². The van der Waals surface area contributed by atoms with Crippen LogP contribution in [0.1, 0.15) is 26.3 Å². The van der Waals surface area contributed by atoms with Crippen LogP contribution in [-0.2, 0) is 11.2 Å². The molecule has 0 radical (unpaired) electrons. The third kappa shape index (κ3) is 6.07. The summed E-state index contributed by atoms with van der Waals surface area (Å²) in [5.41, 5.74) is 1.67. The fourth-order valence-corrected chi connectivity index (χ4v) is 2.51. The average Bonchev–Trinajstić information content (AvgIpc) is 2.34. The SMILES string of the molecule is COCCNCC(Cc1ccccc1Br)C(C)(C)C. The summed E-state index contributed by atoms with van der Waals surface area (Å²) in [6.45, 7) is 9.64. The summed E-state index contributed by atoms with van der Waals surface area (Å²) in [6, 6.07) is 8.50. The van der Waals surface area contributed by atoms with Gasteiger partial charge in [0.25, 0.3) is 0 Å². The molecule has 0 aliphatic carbocycles. The highest BCUT2D eigenvalue weighted by atomic mass is 79.9. The molecule has 0 saturated heterocycles. The van der Waals surface area contributed by atoms with E-state index in [0.29, 0.717) is 5.92 Å². The summed E-state index contributed by atoms with van der Waals surface area (Å²) < 4.78 is 6.29. The second-order valence-electron chi connectivity index (χ2n) is 6.06. The molecule has 1 unspecified atom stereocenters. The summed E-state index contributed by atoms with van der Waals surface area (Å²) >= 11 is 3.64. The van der Waals surface area contributed by atoms with E-state index in [2.05, 4.69) is 66.3 Å². The summed E-state index contributed by atoms with van der Waals surface area (Å²) in [5, 5.41) is 3.49. The molecule has 0 fully saturated rings. The van der Waals surface area contributed by atoms with E-state index in [1.54, 1.807) is 7.11 Å². The molecule has 0 spiro atoms. The summed E-state index contributed by atoms with van der Waals surface area (Å²) in [5.74, 6) is 0.600. The topological polar surface area (TPSA) is 21.3 Å². The number of hydrogen-bond acceptors (Lipinski definition) is 2. The molecular formula is C16H26BrNO. The molecule has 1 rings (SSSR count). The Morgan fingerprint density at radius 3 is 2.53 bits per heavy atom. The van der Waals surface area contributed by atoms with Crippen LogP contribution in [0.5, 0.6) is 0 Å². The Morgan fingerprint density at radius 2 is 1.95 bits per heavy atom. The van der Waals surface area contributed by atoms with E-state index in [1.807, 2.05) is 0 Å². The molecule has 1 aromatic carbocycles. The fourth-order valence-electron chi connectivity index (χ4n) is 2.06. The fraction of sp³-hybridized carbons (Fsp3) is 0.625. The van der Waals surface area contributed by atoms with Crippen LogP contribution < -0.4 is 5.32 Å². The number of benzene rings is 1. The second-order valence-corrected chi connectivity index (χ2v) is 6.91.